The molecule has 1 aromatic carbocycles. The number of halogens is 1. The molecular weight excluding hydrogens is 240 g/mol. The third kappa shape index (κ3) is 3.56. The van der Waals surface area contributed by atoms with Gasteiger partial charge >= 0.3 is 5.97 Å². The maximum atomic E-state index is 11.7. The van der Waals surface area contributed by atoms with Gasteiger partial charge in [0.15, 0.2) is 10.7 Å². The van der Waals surface area contributed by atoms with Crippen molar-refractivity contribution >= 4 is 23.4 Å². The molecule has 0 aromatic heterocycles. The predicted octanol–water partition coefficient (Wildman–Crippen LogP) is 2.71. The van der Waals surface area contributed by atoms with Crippen molar-refractivity contribution in [2.75, 3.05) is 0 Å². The van der Waals surface area contributed by atoms with E-state index >= 15 is 0 Å². The first kappa shape index (κ1) is 13.7. The van der Waals surface area contributed by atoms with Gasteiger partial charge in [0.25, 0.3) is 0 Å². The minimum atomic E-state index is -1.58. The molecule has 17 heavy (non-hydrogen) atoms. The third-order valence-corrected chi connectivity index (χ3v) is 2.81. The van der Waals surface area contributed by atoms with Gasteiger partial charge in [-0.15, -0.1) is 0 Å². The fourth-order valence-electron chi connectivity index (χ4n) is 1.30. The van der Waals surface area contributed by atoms with E-state index in [9.17, 15) is 9.59 Å². The van der Waals surface area contributed by atoms with E-state index in [-0.39, 0.29) is 18.8 Å². The number of benzene rings is 1. The second kappa shape index (κ2) is 5.82. The van der Waals surface area contributed by atoms with E-state index in [0.29, 0.717) is 0 Å². The molecule has 4 heteroatoms. The van der Waals surface area contributed by atoms with Crippen molar-refractivity contribution in [3.8, 4) is 0 Å². The molecule has 0 unspecified atom stereocenters. The Labute approximate surface area is 106 Å². The predicted molar refractivity (Wildman–Crippen MR) is 65.8 cm³/mol. The number of alkyl halides is 1. The molecule has 0 saturated carbocycles. The maximum Gasteiger partial charge on any atom is 0.334 e. The van der Waals surface area contributed by atoms with Crippen LogP contribution in [0.2, 0.25) is 0 Å². The van der Waals surface area contributed by atoms with Crippen molar-refractivity contribution < 1.29 is 14.3 Å². The van der Waals surface area contributed by atoms with Gasteiger partial charge in [0.2, 0.25) is 0 Å². The lowest BCUT2D eigenvalue weighted by molar-refractivity contribution is -0.150. The summed E-state index contributed by atoms with van der Waals surface area (Å²) in [6.45, 7) is 3.15. The molecule has 0 aliphatic carbocycles. The highest BCUT2D eigenvalue weighted by molar-refractivity contribution is 6.45. The van der Waals surface area contributed by atoms with Crippen LogP contribution < -0.4 is 0 Å². The molecule has 0 aliphatic rings. The number of ketones is 1. The van der Waals surface area contributed by atoms with Crippen LogP contribution in [0.1, 0.15) is 25.8 Å². The van der Waals surface area contributed by atoms with Gasteiger partial charge in [0, 0.05) is 6.42 Å². The van der Waals surface area contributed by atoms with E-state index in [0.717, 1.165) is 5.56 Å². The lowest BCUT2D eigenvalue weighted by Gasteiger charge is -2.18. The van der Waals surface area contributed by atoms with E-state index in [1.807, 2.05) is 30.3 Å². The maximum absolute atomic E-state index is 11.7. The Morgan fingerprint density at radius 2 is 1.88 bits per heavy atom. The second-order valence-corrected chi connectivity index (χ2v) is 4.60. The Morgan fingerprint density at radius 1 is 1.29 bits per heavy atom. The number of rotatable bonds is 5. The highest BCUT2D eigenvalue weighted by atomic mass is 35.5. The van der Waals surface area contributed by atoms with Crippen LogP contribution in [-0.2, 0) is 20.9 Å². The van der Waals surface area contributed by atoms with Crippen LogP contribution in [0, 0.1) is 0 Å². The number of Topliss-reactive ketones (excluding diaryl/α,β-unsaturated/α-hetero) is 1. The van der Waals surface area contributed by atoms with Crippen molar-refractivity contribution in [3.63, 3.8) is 0 Å². The van der Waals surface area contributed by atoms with Crippen molar-refractivity contribution in [3.05, 3.63) is 35.9 Å². The monoisotopic (exact) mass is 254 g/mol. The highest BCUT2D eigenvalue weighted by Gasteiger charge is 2.39. The summed E-state index contributed by atoms with van der Waals surface area (Å²) in [5.74, 6) is -1.04. The number of hydrogen-bond donors (Lipinski definition) is 0. The minimum absolute atomic E-state index is 0.124. The van der Waals surface area contributed by atoms with Gasteiger partial charge in [0.05, 0.1) is 0 Å². The van der Waals surface area contributed by atoms with Crippen LogP contribution in [-0.4, -0.2) is 16.6 Å². The summed E-state index contributed by atoms with van der Waals surface area (Å²) in [7, 11) is 0. The van der Waals surface area contributed by atoms with Crippen LogP contribution in [0.25, 0.3) is 0 Å². The number of carbonyl (C=O) groups is 2. The zero-order chi connectivity index (χ0) is 12.9. The molecule has 0 aliphatic heterocycles. The first-order chi connectivity index (χ1) is 7.98. The highest BCUT2D eigenvalue weighted by Crippen LogP contribution is 2.20. The lowest BCUT2D eigenvalue weighted by Crippen LogP contribution is -2.39. The molecule has 0 N–H and O–H groups in total. The summed E-state index contributed by atoms with van der Waals surface area (Å²) in [5.41, 5.74) is 0.859. The van der Waals surface area contributed by atoms with Gasteiger partial charge in [0.1, 0.15) is 6.61 Å². The normalized spacial score (nSPS) is 13.8. The van der Waals surface area contributed by atoms with Crippen molar-refractivity contribution in [1.82, 2.24) is 0 Å². The van der Waals surface area contributed by atoms with Crippen LogP contribution in [0.5, 0.6) is 0 Å². The van der Waals surface area contributed by atoms with Crippen LogP contribution in [0.4, 0.5) is 0 Å². The number of ether oxygens (including phenoxy) is 1. The van der Waals surface area contributed by atoms with E-state index in [1.165, 1.54) is 6.92 Å². The zero-order valence-corrected chi connectivity index (χ0v) is 10.7. The molecule has 1 rings (SSSR count). The average Bonchev–Trinajstić information content (AvgIpc) is 2.35. The van der Waals surface area contributed by atoms with E-state index in [1.54, 1.807) is 6.92 Å². The smallest absolute Gasteiger partial charge is 0.334 e. The van der Waals surface area contributed by atoms with Gasteiger partial charge in [-0.25, -0.2) is 4.79 Å². The average molecular weight is 255 g/mol. The molecule has 92 valence electrons. The summed E-state index contributed by atoms with van der Waals surface area (Å²) >= 11 is 5.88. The Balaban J connectivity index is 2.58. The summed E-state index contributed by atoms with van der Waals surface area (Å²) < 4.78 is 5.02. The molecular formula is C13H15ClO3. The standard InChI is InChI=1S/C13H15ClO3/c1-3-11(15)13(2,14)12(16)17-9-10-7-5-4-6-8-10/h4-8H,3,9H2,1-2H3/t13-/m0/s1. The van der Waals surface area contributed by atoms with E-state index in [2.05, 4.69) is 0 Å². The largest absolute Gasteiger partial charge is 0.459 e. The van der Waals surface area contributed by atoms with Gasteiger partial charge in [-0.05, 0) is 12.5 Å². The Hall–Kier alpha value is -1.35. The Bertz CT molecular complexity index is 398. The molecule has 0 bridgehead atoms. The summed E-state index contributed by atoms with van der Waals surface area (Å²) in [5, 5.41) is 0. The second-order valence-electron chi connectivity index (χ2n) is 3.84. The Kier molecular flexibility index (Phi) is 4.70. The van der Waals surface area contributed by atoms with Crippen LogP contribution in [0.15, 0.2) is 30.3 Å². The quantitative estimate of drug-likeness (QED) is 0.461. The lowest BCUT2D eigenvalue weighted by atomic mass is 10.0. The van der Waals surface area contributed by atoms with Gasteiger partial charge < -0.3 is 4.74 Å². The van der Waals surface area contributed by atoms with Crippen molar-refractivity contribution in [2.45, 2.75) is 31.7 Å². The molecule has 1 aromatic rings. The fourth-order valence-corrected chi connectivity index (χ4v) is 1.49. The SMILES string of the molecule is CCC(=O)[C@](C)(Cl)C(=O)OCc1ccccc1. The topological polar surface area (TPSA) is 43.4 Å². The molecule has 3 nitrogen and oxygen atoms in total. The van der Waals surface area contributed by atoms with Crippen molar-refractivity contribution in [2.24, 2.45) is 0 Å². The molecule has 0 spiro atoms. The molecule has 0 saturated heterocycles. The molecule has 0 fully saturated rings. The summed E-state index contributed by atoms with van der Waals surface area (Å²) in [6, 6.07) is 9.24. The first-order valence-corrected chi connectivity index (χ1v) is 5.79. The minimum Gasteiger partial charge on any atom is -0.459 e. The third-order valence-electron chi connectivity index (χ3n) is 2.44. The van der Waals surface area contributed by atoms with E-state index in [4.69, 9.17) is 16.3 Å². The van der Waals surface area contributed by atoms with E-state index < -0.39 is 10.8 Å². The molecule has 0 radical (unpaired) electrons. The van der Waals surface area contributed by atoms with Crippen molar-refractivity contribution in [1.29, 1.82) is 0 Å². The van der Waals surface area contributed by atoms with Gasteiger partial charge in [-0.3, -0.25) is 4.79 Å². The first-order valence-electron chi connectivity index (χ1n) is 5.41. The Morgan fingerprint density at radius 3 is 2.41 bits per heavy atom. The number of hydrogen-bond acceptors (Lipinski definition) is 3. The molecule has 0 amide bonds. The van der Waals surface area contributed by atoms with Gasteiger partial charge in [-0.1, -0.05) is 48.9 Å². The molecule has 1 atom stereocenters. The van der Waals surface area contributed by atoms with Crippen LogP contribution >= 0.6 is 11.6 Å². The number of esters is 1. The zero-order valence-electron chi connectivity index (χ0n) is 9.90. The summed E-state index contributed by atoms with van der Waals surface area (Å²) in [4.78, 5) is 21.5. The summed E-state index contributed by atoms with van der Waals surface area (Å²) in [6.07, 6.45) is 0.209. The van der Waals surface area contributed by atoms with Gasteiger partial charge in [-0.2, -0.15) is 0 Å². The van der Waals surface area contributed by atoms with Crippen LogP contribution in [0.3, 0.4) is 0 Å². The molecule has 0 heterocycles. The number of carbonyl (C=O) groups excluding carboxylic acids is 2. The fraction of sp³-hybridized carbons (Fsp3) is 0.385.